The van der Waals surface area contributed by atoms with Gasteiger partial charge in [-0.15, -0.1) is 0 Å². The van der Waals surface area contributed by atoms with Crippen LogP contribution in [0.5, 0.6) is 46.0 Å². The Hall–Kier alpha value is -10.6. The third-order valence-corrected chi connectivity index (χ3v) is 22.5. The van der Waals surface area contributed by atoms with Gasteiger partial charge in [-0.3, -0.25) is 38.4 Å². The number of phenols is 3. The van der Waals surface area contributed by atoms with Crippen molar-refractivity contribution >= 4 is 82.1 Å². The summed E-state index contributed by atoms with van der Waals surface area (Å²) in [6, 6.07) is 15.9. The van der Waals surface area contributed by atoms with Crippen LogP contribution in [0.2, 0.25) is 15.1 Å². The fourth-order valence-electron chi connectivity index (χ4n) is 15.2. The second-order valence-corrected chi connectivity index (χ2v) is 32.3. The number of halogens is 3. The minimum Gasteiger partial charge on any atom is -0.508 e. The molecule has 11 bridgehead atoms. The summed E-state index contributed by atoms with van der Waals surface area (Å²) in [4.78, 5) is 121. The number of amides is 8. The van der Waals surface area contributed by atoms with Gasteiger partial charge in [-0.2, -0.15) is 0 Å². The van der Waals surface area contributed by atoms with E-state index in [0.717, 1.165) is 65.2 Å². The van der Waals surface area contributed by atoms with E-state index >= 15 is 24.0 Å². The Labute approximate surface area is 721 Å². The van der Waals surface area contributed by atoms with Gasteiger partial charge in [0.05, 0.1) is 74.4 Å². The fourth-order valence-corrected chi connectivity index (χ4v) is 15.8. The lowest BCUT2D eigenvalue weighted by Crippen LogP contribution is -2.64. The number of aliphatic hydroxyl groups is 5. The largest absolute Gasteiger partial charge is 0.508 e. The highest BCUT2D eigenvalue weighted by atomic mass is 35.5. The molecule has 14 rings (SSSR count). The lowest BCUT2D eigenvalue weighted by Gasteiger charge is -2.48. The minimum absolute atomic E-state index is 0.0807. The zero-order valence-electron chi connectivity index (χ0n) is 67.3. The molecular formula is C85H98Cl3N11O24. The van der Waals surface area contributed by atoms with Crippen LogP contribution in [0.3, 0.4) is 0 Å². The van der Waals surface area contributed by atoms with Crippen LogP contribution in [0, 0.1) is 5.92 Å². The fraction of sp³-hybridized carbons (Fsp3) is 0.412. The van der Waals surface area contributed by atoms with Crippen LogP contribution in [0.4, 0.5) is 0 Å². The van der Waals surface area contributed by atoms with E-state index in [1.165, 1.54) is 37.4 Å². The van der Waals surface area contributed by atoms with Gasteiger partial charge >= 0.3 is 0 Å². The number of primary amides is 1. The lowest BCUT2D eigenvalue weighted by atomic mass is 9.84. The zero-order valence-corrected chi connectivity index (χ0v) is 69.6. The van der Waals surface area contributed by atoms with Crippen molar-refractivity contribution in [1.82, 2.24) is 47.9 Å². The Kier molecular flexibility index (Phi) is 30.1. The Bertz CT molecular complexity index is 5040. The van der Waals surface area contributed by atoms with Gasteiger partial charge in [0.1, 0.15) is 95.5 Å². The van der Waals surface area contributed by atoms with Crippen molar-refractivity contribution in [3.63, 3.8) is 0 Å². The summed E-state index contributed by atoms with van der Waals surface area (Å²) in [6.07, 6.45) is -14.8. The van der Waals surface area contributed by atoms with Crippen LogP contribution in [0.1, 0.15) is 111 Å². The molecule has 17 atom stereocenters. The first-order chi connectivity index (χ1) is 58.7. The first kappa shape index (κ1) is 91.7. The number of rotatable bonds is 25. The lowest BCUT2D eigenvalue weighted by molar-refractivity contribution is -0.296. The molecule has 123 heavy (non-hydrogen) atoms. The molecule has 7 aliphatic rings. The molecule has 658 valence electrons. The molecule has 0 radical (unpaired) electrons. The van der Waals surface area contributed by atoms with Crippen molar-refractivity contribution in [1.29, 1.82) is 0 Å². The van der Waals surface area contributed by atoms with Crippen molar-refractivity contribution in [2.24, 2.45) is 17.4 Å². The molecule has 0 aliphatic carbocycles. The first-order valence-corrected chi connectivity index (χ1v) is 40.8. The number of nitrogens with two attached hydrogens (primary N) is 2. The average molecular weight is 1760 g/mol. The Balaban J connectivity index is 1.02. The number of hydrogen-bond acceptors (Lipinski definition) is 27. The van der Waals surface area contributed by atoms with E-state index in [1.807, 2.05) is 50.2 Å². The second kappa shape index (κ2) is 40.4. The molecular weight excluding hydrogens is 1670 g/mol. The number of hydrogen-bond donors (Lipinski definition) is 19. The van der Waals surface area contributed by atoms with Crippen molar-refractivity contribution in [2.45, 2.75) is 156 Å². The third-order valence-electron chi connectivity index (χ3n) is 21.7. The molecule has 7 heterocycles. The van der Waals surface area contributed by atoms with Crippen LogP contribution in [-0.2, 0) is 68.6 Å². The first-order valence-electron chi connectivity index (χ1n) is 39.7. The topological polar surface area (TPSA) is 533 Å². The van der Waals surface area contributed by atoms with Crippen molar-refractivity contribution < 1.29 is 117 Å². The van der Waals surface area contributed by atoms with Gasteiger partial charge in [-0.05, 0) is 144 Å². The van der Waals surface area contributed by atoms with E-state index < -0.39 is 221 Å². The monoisotopic (exact) mass is 1760 g/mol. The zero-order chi connectivity index (χ0) is 88.4. The van der Waals surface area contributed by atoms with Gasteiger partial charge < -0.3 is 138 Å². The minimum atomic E-state index is -2.32. The molecule has 21 N–H and O–H groups in total. The summed E-state index contributed by atoms with van der Waals surface area (Å²) in [5.74, 6) is -14.2. The quantitative estimate of drug-likeness (QED) is 0.0360. The molecule has 7 aliphatic heterocycles. The maximum absolute atomic E-state index is 16.4. The molecule has 0 aromatic heterocycles. The molecule has 7 aromatic carbocycles. The summed E-state index contributed by atoms with van der Waals surface area (Å²) in [5, 5.41) is 120. The van der Waals surface area contributed by atoms with Gasteiger partial charge in [0.25, 0.3) is 0 Å². The highest BCUT2D eigenvalue weighted by Gasteiger charge is 2.50. The Morgan fingerprint density at radius 2 is 1.29 bits per heavy atom. The normalized spacial score (nSPS) is 25.6. The molecule has 0 spiro atoms. The number of benzene rings is 7. The van der Waals surface area contributed by atoms with E-state index in [9.17, 15) is 55.2 Å². The van der Waals surface area contributed by atoms with Gasteiger partial charge in [-0.1, -0.05) is 103 Å². The van der Waals surface area contributed by atoms with Gasteiger partial charge in [0.2, 0.25) is 53.0 Å². The third kappa shape index (κ3) is 21.6. The van der Waals surface area contributed by atoms with Crippen LogP contribution < -0.4 is 73.5 Å². The van der Waals surface area contributed by atoms with E-state index in [1.54, 1.807) is 26.0 Å². The van der Waals surface area contributed by atoms with Crippen LogP contribution in [-0.4, -0.2) is 221 Å². The predicted molar refractivity (Wildman–Crippen MR) is 444 cm³/mol. The maximum Gasteiger partial charge on any atom is 0.248 e. The number of nitrogens with one attached hydrogen (secondary N) is 9. The SMILES string of the molecule is CN[C@H](CC(C)C)C(=O)N[C@H]1C(=O)N[C@@H](CC(N)=O)C(=O)N[C@H]2C(=O)N[C@H]3C(=O)N[C@H](C(=O)N[C@H](C(=O)NCCOCCOCCN)c4cc(O)cc(O)c4-c4cc3ccc4O)C(O)c3ccc(c(Cl)c3)Oc3cc2cc(c3O[C@H]2CO[C@H](CO)[C@H](O)[C@@H]2OC2C[C@](C)(NCc3ccc(-c4ccc(Cl)cc4)cc3)[C@H](O)[C@H](C)O2)Oc2ccc(cc2Cl)[C@H]1O. The molecule has 2 fully saturated rings. The smallest absolute Gasteiger partial charge is 0.248 e. The van der Waals surface area contributed by atoms with E-state index in [4.69, 9.17) is 84.2 Å². The maximum atomic E-state index is 16.4. The molecule has 8 amide bonds. The number of fused-ring (bicyclic) bond motifs is 15. The van der Waals surface area contributed by atoms with E-state index in [0.29, 0.717) is 5.02 Å². The van der Waals surface area contributed by atoms with Gasteiger partial charge in [-0.25, -0.2) is 0 Å². The van der Waals surface area contributed by atoms with Crippen molar-refractivity contribution in [2.75, 3.05) is 59.8 Å². The van der Waals surface area contributed by atoms with E-state index in [-0.39, 0.29) is 109 Å². The van der Waals surface area contributed by atoms with Gasteiger partial charge in [0.15, 0.2) is 23.9 Å². The number of carbonyl (C=O) groups is 8. The van der Waals surface area contributed by atoms with Crippen molar-refractivity contribution in [3.05, 3.63) is 176 Å². The average Bonchev–Trinajstić information content (AvgIpc) is 0.766. The summed E-state index contributed by atoms with van der Waals surface area (Å²) in [7, 11) is 1.49. The molecule has 38 heteroatoms. The highest BCUT2D eigenvalue weighted by molar-refractivity contribution is 6.32. The summed E-state index contributed by atoms with van der Waals surface area (Å²) in [6.45, 7) is 6.41. The standard InChI is InChI=1S/C85H98Cl3N11O24/c1-39(2)26-54(91-5)78(109)98-70-72(105)45-13-18-58(52(87)28-45)120-60-30-47-31-61(75(60)122-63-38-118-62(37-100)74(107)76(63)123-65-35-85(4,77(108)40(3)119-65)93-36-41-6-8-42(9-7-41)43-10-15-48(86)16-11-43)121-59-19-14-46(29-53(59)88)73(106)71-84(115)97-69(80(111)92-21-23-117-25-24-116-22-20-89)51-32-49(101)33-57(103)66(51)50-27-44(12-17-56(50)102)67(81(112)99-71)96-82(113)68(47)95-79(110)55(34-64(90)104)94-83(70)114/h6-19,27-33,39-40,54-55,62-63,65,67-74,76-77,91,93,100-103,105-108H,20-26,34-38,89H2,1-5H3,(H2,90,104)(H,92,111)(H,94,114)(H,95,110)(H,96,113)(H,97,115)(H,98,109)(H,99,112)/t40-,54+,55-,62+,63-,65?,67+,68+,69-,70+,71-,72+,73?,74-,76+,77+,85-/m0/s1. The summed E-state index contributed by atoms with van der Waals surface area (Å²) >= 11 is 20.6. The number of aromatic hydroxyl groups is 3. The van der Waals surface area contributed by atoms with Crippen molar-refractivity contribution in [3.8, 4) is 68.2 Å². The molecule has 35 nitrogen and oxygen atoms in total. The Morgan fingerprint density at radius 1 is 0.675 bits per heavy atom. The number of phenolic OH excluding ortho intramolecular Hbond substituents is 3. The number of aliphatic hydroxyl groups excluding tert-OH is 5. The highest BCUT2D eigenvalue weighted by Crippen LogP contribution is 2.50. The summed E-state index contributed by atoms with van der Waals surface area (Å²) in [5.41, 5.74) is 10.6. The van der Waals surface area contributed by atoms with Gasteiger partial charge in [0, 0.05) is 53.8 Å². The van der Waals surface area contributed by atoms with Crippen LogP contribution in [0.25, 0.3) is 22.3 Å². The van der Waals surface area contributed by atoms with Crippen LogP contribution >= 0.6 is 34.8 Å². The number of likely N-dealkylation sites (N-methyl/N-ethyl adjacent to an activating group) is 1. The molecule has 7 aromatic rings. The molecule has 2 saturated heterocycles. The number of carbonyl (C=O) groups excluding carboxylic acids is 8. The number of ether oxygens (including phenoxy) is 8. The second-order valence-electron chi connectivity index (χ2n) is 31.0. The predicted octanol–water partition coefficient (Wildman–Crippen LogP) is 3.96. The van der Waals surface area contributed by atoms with E-state index in [2.05, 4.69) is 47.9 Å². The molecule has 2 unspecified atom stereocenters. The Morgan fingerprint density at radius 3 is 1.92 bits per heavy atom. The van der Waals surface area contributed by atoms with Crippen LogP contribution in [0.15, 0.2) is 127 Å². The summed E-state index contributed by atoms with van der Waals surface area (Å²) < 4.78 is 50.9. The molecule has 0 saturated carbocycles.